The maximum Gasteiger partial charge on any atom is 0.251 e. The number of nitrogens with one attached hydrogen (secondary N) is 1. The molecular formula is C41H55N5O5. The average Bonchev–Trinajstić information content (AvgIpc) is 3.11. The van der Waals surface area contributed by atoms with Crippen LogP contribution in [0.2, 0.25) is 0 Å². The summed E-state index contributed by atoms with van der Waals surface area (Å²) in [5.41, 5.74) is 3.24. The number of piperidine rings is 1. The summed E-state index contributed by atoms with van der Waals surface area (Å²) in [5, 5.41) is 22.0. The Morgan fingerprint density at radius 3 is 2.10 bits per heavy atom. The average molecular weight is 698 g/mol. The van der Waals surface area contributed by atoms with E-state index in [-0.39, 0.29) is 37.4 Å². The molecule has 10 nitrogen and oxygen atoms in total. The Labute approximate surface area is 302 Å². The number of nitrogens with zero attached hydrogens (tertiary/aromatic N) is 4. The number of hydrogen-bond acceptors (Lipinski definition) is 8. The summed E-state index contributed by atoms with van der Waals surface area (Å²) in [7, 11) is 0. The lowest BCUT2D eigenvalue weighted by Crippen LogP contribution is -2.60. The van der Waals surface area contributed by atoms with Crippen molar-refractivity contribution in [2.75, 3.05) is 31.1 Å². The first-order chi connectivity index (χ1) is 24.7. The molecule has 3 N–H and O–H groups in total. The number of hydrogen-bond donors (Lipinski definition) is 3. The number of ether oxygens (including phenoxy) is 1. The highest BCUT2D eigenvalue weighted by Crippen LogP contribution is 2.39. The normalized spacial score (nSPS) is 20.7. The molecule has 51 heavy (non-hydrogen) atoms. The number of aromatic nitrogens is 2. The third-order valence-electron chi connectivity index (χ3n) is 11.2. The molecule has 0 unspecified atom stereocenters. The minimum absolute atomic E-state index is 0.0131. The molecule has 3 aromatic rings. The van der Waals surface area contributed by atoms with Crippen LogP contribution in [0.3, 0.4) is 0 Å². The van der Waals surface area contributed by atoms with E-state index in [1.54, 1.807) is 29.2 Å². The first kappa shape index (κ1) is 36.8. The number of amides is 2. The van der Waals surface area contributed by atoms with E-state index in [1.165, 1.54) is 51.4 Å². The Hall–Kier alpha value is -4.02. The number of rotatable bonds is 13. The smallest absolute Gasteiger partial charge is 0.251 e. The number of aliphatic hydroxyl groups excluding tert-OH is 1. The molecule has 2 aliphatic heterocycles. The van der Waals surface area contributed by atoms with Gasteiger partial charge in [0.1, 0.15) is 11.8 Å². The van der Waals surface area contributed by atoms with Gasteiger partial charge in [-0.3, -0.25) is 9.59 Å². The predicted molar refractivity (Wildman–Crippen MR) is 198 cm³/mol. The van der Waals surface area contributed by atoms with Crippen molar-refractivity contribution < 1.29 is 24.5 Å². The van der Waals surface area contributed by atoms with Gasteiger partial charge < -0.3 is 30.1 Å². The topological polar surface area (TPSA) is 128 Å². The Balaban J connectivity index is 1.05. The molecule has 2 aromatic carbocycles. The van der Waals surface area contributed by atoms with Crippen molar-refractivity contribution in [1.29, 1.82) is 0 Å². The van der Waals surface area contributed by atoms with Gasteiger partial charge in [-0.15, -0.1) is 0 Å². The molecular weight excluding hydrogens is 642 g/mol. The molecule has 0 spiro atoms. The number of carbonyl (C=O) groups excluding carboxylic acids is 2. The highest BCUT2D eigenvalue weighted by Gasteiger charge is 2.38. The summed E-state index contributed by atoms with van der Waals surface area (Å²) in [6.07, 6.45) is 13.6. The van der Waals surface area contributed by atoms with Gasteiger partial charge >= 0.3 is 0 Å². The molecule has 10 heteroatoms. The van der Waals surface area contributed by atoms with Crippen LogP contribution in [-0.2, 0) is 11.2 Å². The van der Waals surface area contributed by atoms with Gasteiger partial charge in [0.15, 0.2) is 12.1 Å². The highest BCUT2D eigenvalue weighted by atomic mass is 16.5. The van der Waals surface area contributed by atoms with Crippen molar-refractivity contribution in [3.8, 4) is 17.1 Å². The summed E-state index contributed by atoms with van der Waals surface area (Å²) in [6, 6.07) is 13.8. The van der Waals surface area contributed by atoms with Crippen molar-refractivity contribution in [2.45, 2.75) is 97.0 Å². The summed E-state index contributed by atoms with van der Waals surface area (Å²) < 4.78 is 5.69. The van der Waals surface area contributed by atoms with Crippen molar-refractivity contribution in [1.82, 2.24) is 20.2 Å². The second-order valence-corrected chi connectivity index (χ2v) is 15.2. The van der Waals surface area contributed by atoms with Gasteiger partial charge in [-0.1, -0.05) is 56.9 Å². The first-order valence-corrected chi connectivity index (χ1v) is 19.1. The number of likely N-dealkylation sites (tertiary alicyclic amines) is 1. The standard InChI is InChI=1S/C41H55N5O5/c1-4-5-28-6-10-30(11-7-28)31-18-20-45(21-19-31)35-23-42-38(43-24-35)32-12-8-29(9-13-32)22-37(40(48)46-25-34(26-46)41(49)50)44-39(47)33-14-16-36(17-15-33)51-27(2)3/h8-9,12-17,23-24,27-28,30-31,34,37,41,49-50H,4-7,10-11,18-22,25-26H2,1-3H3,(H,44,47)/t28-,30-,37-/m0/s1. The van der Waals surface area contributed by atoms with Crippen LogP contribution in [0.1, 0.15) is 88.1 Å². The predicted octanol–water partition coefficient (Wildman–Crippen LogP) is 5.86. The van der Waals surface area contributed by atoms with Gasteiger partial charge in [0.2, 0.25) is 5.91 Å². The molecule has 1 aliphatic carbocycles. The molecule has 3 aliphatic rings. The maximum absolute atomic E-state index is 13.5. The second-order valence-electron chi connectivity index (χ2n) is 15.2. The van der Waals surface area contributed by atoms with Crippen LogP contribution in [0.4, 0.5) is 5.69 Å². The van der Waals surface area contributed by atoms with E-state index in [4.69, 9.17) is 14.7 Å². The van der Waals surface area contributed by atoms with E-state index >= 15 is 0 Å². The molecule has 274 valence electrons. The zero-order valence-electron chi connectivity index (χ0n) is 30.4. The lowest BCUT2D eigenvalue weighted by Gasteiger charge is -2.41. The summed E-state index contributed by atoms with van der Waals surface area (Å²) in [4.78, 5) is 40.2. The van der Waals surface area contributed by atoms with E-state index in [0.29, 0.717) is 17.1 Å². The molecule has 0 radical (unpaired) electrons. The van der Waals surface area contributed by atoms with Crippen molar-refractivity contribution in [3.05, 3.63) is 72.1 Å². The summed E-state index contributed by atoms with van der Waals surface area (Å²) in [5.74, 6) is 2.99. The number of aliphatic hydroxyl groups is 2. The van der Waals surface area contributed by atoms with Crippen molar-refractivity contribution >= 4 is 17.5 Å². The fraction of sp³-hybridized carbons (Fsp3) is 0.561. The number of carbonyl (C=O) groups is 2. The molecule has 1 aromatic heterocycles. The largest absolute Gasteiger partial charge is 0.491 e. The van der Waals surface area contributed by atoms with Crippen LogP contribution >= 0.6 is 0 Å². The molecule has 3 fully saturated rings. The summed E-state index contributed by atoms with van der Waals surface area (Å²) >= 11 is 0. The second kappa shape index (κ2) is 17.0. The third-order valence-corrected chi connectivity index (χ3v) is 11.2. The van der Waals surface area contributed by atoms with Crippen LogP contribution in [0.15, 0.2) is 60.9 Å². The van der Waals surface area contributed by atoms with Crippen LogP contribution in [0.25, 0.3) is 11.4 Å². The number of anilines is 1. The minimum Gasteiger partial charge on any atom is -0.491 e. The molecule has 1 atom stereocenters. The van der Waals surface area contributed by atoms with Crippen LogP contribution < -0.4 is 15.0 Å². The van der Waals surface area contributed by atoms with Gasteiger partial charge in [-0.05, 0) is 87.1 Å². The maximum atomic E-state index is 13.5. The lowest BCUT2D eigenvalue weighted by atomic mass is 9.72. The van der Waals surface area contributed by atoms with Crippen LogP contribution in [0, 0.1) is 23.7 Å². The molecule has 0 bridgehead atoms. The Bertz CT molecular complexity index is 1560. The van der Waals surface area contributed by atoms with Crippen LogP contribution in [0.5, 0.6) is 5.75 Å². The van der Waals surface area contributed by atoms with E-state index in [1.807, 2.05) is 50.5 Å². The Morgan fingerprint density at radius 1 is 0.882 bits per heavy atom. The Kier molecular flexibility index (Phi) is 12.3. The fourth-order valence-electron chi connectivity index (χ4n) is 8.15. The third kappa shape index (κ3) is 9.46. The first-order valence-electron chi connectivity index (χ1n) is 19.1. The number of benzene rings is 2. The monoisotopic (exact) mass is 697 g/mol. The van der Waals surface area contributed by atoms with Gasteiger partial charge in [0, 0.05) is 49.6 Å². The van der Waals surface area contributed by atoms with Gasteiger partial charge in [0.25, 0.3) is 5.91 Å². The lowest BCUT2D eigenvalue weighted by molar-refractivity contribution is -0.157. The van der Waals surface area contributed by atoms with E-state index in [2.05, 4.69) is 17.1 Å². The highest BCUT2D eigenvalue weighted by molar-refractivity contribution is 5.97. The van der Waals surface area contributed by atoms with E-state index in [9.17, 15) is 19.8 Å². The molecule has 1 saturated carbocycles. The van der Waals surface area contributed by atoms with Crippen molar-refractivity contribution in [3.63, 3.8) is 0 Å². The van der Waals surface area contributed by atoms with Crippen LogP contribution in [-0.4, -0.2) is 81.5 Å². The van der Waals surface area contributed by atoms with Gasteiger partial charge in [-0.25, -0.2) is 9.97 Å². The zero-order chi connectivity index (χ0) is 35.9. The summed E-state index contributed by atoms with van der Waals surface area (Å²) in [6.45, 7) is 8.76. The molecule has 3 heterocycles. The quantitative estimate of drug-likeness (QED) is 0.190. The van der Waals surface area contributed by atoms with E-state index in [0.717, 1.165) is 47.7 Å². The Morgan fingerprint density at radius 2 is 1.51 bits per heavy atom. The minimum atomic E-state index is -1.48. The fourth-order valence-corrected chi connectivity index (χ4v) is 8.15. The zero-order valence-corrected chi connectivity index (χ0v) is 30.4. The van der Waals surface area contributed by atoms with Gasteiger partial charge in [0.05, 0.1) is 24.2 Å². The molecule has 2 saturated heterocycles. The van der Waals surface area contributed by atoms with Crippen molar-refractivity contribution in [2.24, 2.45) is 23.7 Å². The molecule has 2 amide bonds. The van der Waals surface area contributed by atoms with E-state index < -0.39 is 18.2 Å². The molecule has 6 rings (SSSR count). The van der Waals surface area contributed by atoms with Gasteiger partial charge in [-0.2, -0.15) is 0 Å². The SMILES string of the molecule is CCC[C@H]1CC[C@H](C2CCN(c3cnc(-c4ccc(C[C@H](NC(=O)c5ccc(OC(C)C)cc5)C(=O)N5CC(C(O)O)C5)cc4)nc3)CC2)CC1.